The minimum absolute atomic E-state index is 0.0468. The number of aromatic hydroxyl groups is 1. The van der Waals surface area contributed by atoms with Crippen LogP contribution in [0.2, 0.25) is 0 Å². The Balaban J connectivity index is 1.74. The van der Waals surface area contributed by atoms with Crippen molar-refractivity contribution < 1.29 is 9.90 Å². The quantitative estimate of drug-likeness (QED) is 0.308. The van der Waals surface area contributed by atoms with Crippen molar-refractivity contribution in [3.8, 4) is 17.1 Å². The number of hydrogen-bond acceptors (Lipinski definition) is 8. The molecule has 0 bridgehead atoms. The molecule has 36 heavy (non-hydrogen) atoms. The van der Waals surface area contributed by atoms with Crippen molar-refractivity contribution in [2.45, 2.75) is 26.8 Å². The number of fused-ring (bicyclic) bond motifs is 1. The van der Waals surface area contributed by atoms with Crippen LogP contribution in [0.3, 0.4) is 0 Å². The van der Waals surface area contributed by atoms with E-state index >= 15 is 0 Å². The zero-order valence-corrected chi connectivity index (χ0v) is 21.3. The predicted molar refractivity (Wildman–Crippen MR) is 140 cm³/mol. The molecule has 3 N–H and O–H groups in total. The van der Waals surface area contributed by atoms with Gasteiger partial charge in [-0.2, -0.15) is 0 Å². The first-order valence-corrected chi connectivity index (χ1v) is 11.9. The topological polar surface area (TPSA) is 121 Å². The second kappa shape index (κ2) is 10.7. The maximum atomic E-state index is 13.6. The molecule has 0 aliphatic heterocycles. The first-order chi connectivity index (χ1) is 17.3. The van der Waals surface area contributed by atoms with E-state index < -0.39 is 0 Å². The Morgan fingerprint density at radius 3 is 2.67 bits per heavy atom. The number of amides is 1. The number of phenolic OH excluding ortho intramolecular Hbond substituents is 1. The van der Waals surface area contributed by atoms with Crippen LogP contribution in [0.15, 0.2) is 36.5 Å². The highest BCUT2D eigenvalue weighted by Crippen LogP contribution is 2.27. The molecule has 3 heterocycles. The lowest BCUT2D eigenvalue weighted by Crippen LogP contribution is -2.28. The molecule has 1 amide bonds. The van der Waals surface area contributed by atoms with Crippen LogP contribution < -0.4 is 10.6 Å². The minimum Gasteiger partial charge on any atom is -0.508 e. The molecule has 0 saturated carbocycles. The second-order valence-electron chi connectivity index (χ2n) is 8.75. The summed E-state index contributed by atoms with van der Waals surface area (Å²) < 4.78 is 2.00. The van der Waals surface area contributed by atoms with Crippen molar-refractivity contribution in [3.05, 3.63) is 59.4 Å². The smallest absolute Gasteiger partial charge is 0.273 e. The first-order valence-electron chi connectivity index (χ1n) is 11.9. The van der Waals surface area contributed by atoms with E-state index in [1.807, 2.05) is 44.6 Å². The van der Waals surface area contributed by atoms with Gasteiger partial charge in [-0.3, -0.25) is 4.79 Å². The van der Waals surface area contributed by atoms with E-state index in [1.165, 1.54) is 6.07 Å². The van der Waals surface area contributed by atoms with Crippen LogP contribution in [0, 0.1) is 6.92 Å². The first kappa shape index (κ1) is 25.1. The molecular weight excluding hydrogens is 456 g/mol. The van der Waals surface area contributed by atoms with E-state index in [1.54, 1.807) is 30.3 Å². The van der Waals surface area contributed by atoms with Gasteiger partial charge in [0, 0.05) is 50.2 Å². The van der Waals surface area contributed by atoms with Gasteiger partial charge in [0.2, 0.25) is 0 Å². The summed E-state index contributed by atoms with van der Waals surface area (Å²) >= 11 is 0. The van der Waals surface area contributed by atoms with Crippen molar-refractivity contribution in [3.63, 3.8) is 0 Å². The van der Waals surface area contributed by atoms with Gasteiger partial charge in [-0.1, -0.05) is 6.92 Å². The fourth-order valence-electron chi connectivity index (χ4n) is 4.07. The van der Waals surface area contributed by atoms with E-state index in [4.69, 9.17) is 9.97 Å². The zero-order valence-electron chi connectivity index (χ0n) is 21.3. The van der Waals surface area contributed by atoms with Gasteiger partial charge in [0.1, 0.15) is 23.1 Å². The summed E-state index contributed by atoms with van der Waals surface area (Å²) in [5.41, 5.74) is 3.28. The number of pyridine rings is 1. The summed E-state index contributed by atoms with van der Waals surface area (Å²) in [7, 11) is 5.57. The molecular formula is C26H32N8O2. The number of benzene rings is 1. The van der Waals surface area contributed by atoms with E-state index in [0.717, 1.165) is 35.7 Å². The van der Waals surface area contributed by atoms with E-state index in [9.17, 15) is 9.90 Å². The standard InChI is InChI=1S/C26H32N8O2/c1-6-23-29-14-18(34(23)5)15-33(4)26(36)24-20-13-19(35)7-8-21(20)31-25(32-24)17-11-16(2)30-22(12-17)28-10-9-27-3/h7-8,11-14,27,35H,6,9-10,15H2,1-5H3,(H,28,30). The molecule has 0 aliphatic rings. The number of rotatable bonds is 9. The van der Waals surface area contributed by atoms with Crippen LogP contribution in [-0.2, 0) is 20.0 Å². The van der Waals surface area contributed by atoms with Crippen LogP contribution >= 0.6 is 0 Å². The Bertz CT molecular complexity index is 1400. The highest BCUT2D eigenvalue weighted by atomic mass is 16.3. The number of aromatic nitrogens is 5. The molecule has 4 rings (SSSR count). The molecule has 10 heteroatoms. The number of phenols is 1. The van der Waals surface area contributed by atoms with Crippen molar-refractivity contribution in [1.82, 2.24) is 34.7 Å². The maximum Gasteiger partial charge on any atom is 0.273 e. The number of carbonyl (C=O) groups is 1. The third-order valence-electron chi connectivity index (χ3n) is 6.02. The molecule has 1 aromatic carbocycles. The molecule has 3 aromatic heterocycles. The minimum atomic E-state index is -0.272. The molecule has 0 unspecified atom stereocenters. The summed E-state index contributed by atoms with van der Waals surface area (Å²) in [6.45, 7) is 5.83. The van der Waals surface area contributed by atoms with Crippen LogP contribution in [0.4, 0.5) is 5.82 Å². The molecule has 10 nitrogen and oxygen atoms in total. The number of nitrogens with one attached hydrogen (secondary N) is 2. The highest BCUT2D eigenvalue weighted by Gasteiger charge is 2.21. The fourth-order valence-corrected chi connectivity index (χ4v) is 4.07. The zero-order chi connectivity index (χ0) is 25.8. The van der Waals surface area contributed by atoms with Gasteiger partial charge in [-0.25, -0.2) is 19.9 Å². The number of imidazole rings is 1. The van der Waals surface area contributed by atoms with Crippen LogP contribution in [0.5, 0.6) is 5.75 Å². The van der Waals surface area contributed by atoms with Crippen LogP contribution in [-0.4, -0.2) is 67.6 Å². The Kier molecular flexibility index (Phi) is 7.44. The number of hydrogen-bond donors (Lipinski definition) is 3. The molecule has 0 spiro atoms. The Morgan fingerprint density at radius 2 is 1.94 bits per heavy atom. The lowest BCUT2D eigenvalue weighted by atomic mass is 10.1. The van der Waals surface area contributed by atoms with Gasteiger partial charge < -0.3 is 25.2 Å². The lowest BCUT2D eigenvalue weighted by Gasteiger charge is -2.19. The average molecular weight is 489 g/mol. The number of likely N-dealkylation sites (N-methyl/N-ethyl adjacent to an activating group) is 1. The van der Waals surface area contributed by atoms with Crippen molar-refractivity contribution >= 4 is 22.6 Å². The number of carbonyl (C=O) groups excluding carboxylic acids is 1. The Labute approximate surface area is 210 Å². The van der Waals surface area contributed by atoms with Crippen molar-refractivity contribution in [1.29, 1.82) is 0 Å². The van der Waals surface area contributed by atoms with Gasteiger partial charge >= 0.3 is 0 Å². The summed E-state index contributed by atoms with van der Waals surface area (Å²) in [6, 6.07) is 8.56. The Hall–Kier alpha value is -4.05. The summed E-state index contributed by atoms with van der Waals surface area (Å²) in [6.07, 6.45) is 2.60. The van der Waals surface area contributed by atoms with Crippen molar-refractivity contribution in [2.24, 2.45) is 7.05 Å². The van der Waals surface area contributed by atoms with E-state index in [-0.39, 0.29) is 17.4 Å². The van der Waals surface area contributed by atoms with Crippen molar-refractivity contribution in [2.75, 3.05) is 32.5 Å². The van der Waals surface area contributed by atoms with Gasteiger partial charge in [-0.15, -0.1) is 0 Å². The molecule has 0 saturated heterocycles. The average Bonchev–Trinajstić information content (AvgIpc) is 3.21. The summed E-state index contributed by atoms with van der Waals surface area (Å²) in [5, 5.41) is 17.0. The molecule has 188 valence electrons. The lowest BCUT2D eigenvalue weighted by molar-refractivity contribution is 0.0778. The summed E-state index contributed by atoms with van der Waals surface area (Å²) in [5.74, 6) is 1.86. The van der Waals surface area contributed by atoms with E-state index in [2.05, 4.69) is 20.6 Å². The molecule has 0 radical (unpaired) electrons. The third-order valence-corrected chi connectivity index (χ3v) is 6.02. The van der Waals surface area contributed by atoms with Crippen LogP contribution in [0.1, 0.15) is 34.6 Å². The molecule has 0 aliphatic carbocycles. The van der Waals surface area contributed by atoms with Gasteiger partial charge in [0.05, 0.1) is 24.0 Å². The SMILES string of the molecule is CCc1ncc(CN(C)C(=O)c2nc(-c3cc(C)nc(NCCNC)c3)nc3ccc(O)cc23)n1C. The Morgan fingerprint density at radius 1 is 1.14 bits per heavy atom. The van der Waals surface area contributed by atoms with Gasteiger partial charge in [-0.05, 0) is 44.3 Å². The predicted octanol–water partition coefficient (Wildman–Crippen LogP) is 2.91. The summed E-state index contributed by atoms with van der Waals surface area (Å²) in [4.78, 5) is 33.6. The molecule has 0 atom stereocenters. The fraction of sp³-hybridized carbons (Fsp3) is 0.346. The molecule has 0 fully saturated rings. The number of anilines is 1. The highest BCUT2D eigenvalue weighted by molar-refractivity contribution is 6.05. The van der Waals surface area contributed by atoms with Crippen LogP contribution in [0.25, 0.3) is 22.3 Å². The normalized spacial score (nSPS) is 11.1. The van der Waals surface area contributed by atoms with Gasteiger partial charge in [0.25, 0.3) is 5.91 Å². The molecule has 4 aromatic rings. The second-order valence-corrected chi connectivity index (χ2v) is 8.75. The number of aryl methyl sites for hydroxylation is 2. The van der Waals surface area contributed by atoms with E-state index in [0.29, 0.717) is 35.6 Å². The largest absolute Gasteiger partial charge is 0.508 e. The monoisotopic (exact) mass is 488 g/mol. The number of nitrogens with zero attached hydrogens (tertiary/aromatic N) is 6. The third kappa shape index (κ3) is 5.28. The maximum absolute atomic E-state index is 13.6. The van der Waals surface area contributed by atoms with Gasteiger partial charge in [0.15, 0.2) is 5.82 Å².